The largest absolute Gasteiger partial charge is 0.379 e. The highest BCUT2D eigenvalue weighted by molar-refractivity contribution is 5.82. The Bertz CT molecular complexity index is 1780. The number of carbonyl (C=O) groups is 1. The number of nitrogens with zero attached hydrogens (tertiary/aromatic N) is 6. The van der Waals surface area contributed by atoms with Crippen molar-refractivity contribution >= 4 is 28.6 Å². The van der Waals surface area contributed by atoms with Crippen molar-refractivity contribution in [1.82, 2.24) is 29.2 Å². The Morgan fingerprint density at radius 1 is 0.896 bits per heavy atom. The molecule has 2 aromatic heterocycles. The van der Waals surface area contributed by atoms with Crippen LogP contribution in [0.25, 0.3) is 22.2 Å². The third-order valence-electron chi connectivity index (χ3n) is 10.4. The van der Waals surface area contributed by atoms with Gasteiger partial charge in [-0.15, -0.1) is 0 Å². The van der Waals surface area contributed by atoms with Crippen LogP contribution in [0.5, 0.6) is 0 Å². The molecular formula is C38H47N7O3. The highest BCUT2D eigenvalue weighted by Crippen LogP contribution is 2.33. The Morgan fingerprint density at radius 2 is 1.62 bits per heavy atom. The quantitative estimate of drug-likeness (QED) is 0.271. The van der Waals surface area contributed by atoms with Crippen molar-refractivity contribution in [3.8, 4) is 11.1 Å². The maximum Gasteiger partial charge on any atom is 0.260 e. The second kappa shape index (κ2) is 14.6. The van der Waals surface area contributed by atoms with Crippen LogP contribution in [0, 0.1) is 0 Å². The lowest BCUT2D eigenvalue weighted by molar-refractivity contribution is -0.132. The van der Waals surface area contributed by atoms with Crippen LogP contribution in [0.4, 0.5) is 11.6 Å². The van der Waals surface area contributed by atoms with Crippen LogP contribution < -0.4 is 10.9 Å². The molecule has 3 aliphatic rings. The lowest BCUT2D eigenvalue weighted by Gasteiger charge is -2.35. The van der Waals surface area contributed by atoms with E-state index >= 15 is 0 Å². The minimum atomic E-state index is -0.0707. The molecule has 1 atom stereocenters. The van der Waals surface area contributed by atoms with Gasteiger partial charge in [0, 0.05) is 62.5 Å². The van der Waals surface area contributed by atoms with E-state index in [9.17, 15) is 9.59 Å². The van der Waals surface area contributed by atoms with Crippen molar-refractivity contribution in [3.05, 3.63) is 82.3 Å². The van der Waals surface area contributed by atoms with Crippen molar-refractivity contribution in [3.63, 3.8) is 0 Å². The molecule has 7 rings (SSSR count). The molecule has 3 aliphatic heterocycles. The number of pyridine rings is 1. The van der Waals surface area contributed by atoms with Gasteiger partial charge in [0.1, 0.15) is 5.65 Å². The third kappa shape index (κ3) is 7.16. The summed E-state index contributed by atoms with van der Waals surface area (Å²) in [5.74, 6) is 1.18. The molecule has 2 aromatic carbocycles. The Labute approximate surface area is 282 Å². The number of benzene rings is 2. The molecule has 10 nitrogen and oxygen atoms in total. The van der Waals surface area contributed by atoms with Crippen LogP contribution in [0.15, 0.2) is 65.6 Å². The number of hydrogen-bond donors (Lipinski definition) is 1. The molecule has 0 spiro atoms. The second-order valence-corrected chi connectivity index (χ2v) is 13.6. The molecule has 0 radical (unpaired) electrons. The first-order chi connectivity index (χ1) is 23.4. The summed E-state index contributed by atoms with van der Waals surface area (Å²) < 4.78 is 7.36. The van der Waals surface area contributed by atoms with Crippen LogP contribution in [0.3, 0.4) is 0 Å². The summed E-state index contributed by atoms with van der Waals surface area (Å²) in [6.07, 6.45) is 7.29. The van der Waals surface area contributed by atoms with Gasteiger partial charge in [0.2, 0.25) is 11.9 Å². The number of nitrogens with one attached hydrogen (secondary N) is 1. The summed E-state index contributed by atoms with van der Waals surface area (Å²) in [5.41, 5.74) is 5.43. The number of aromatic nitrogens is 3. The van der Waals surface area contributed by atoms with Gasteiger partial charge >= 0.3 is 0 Å². The molecule has 5 heterocycles. The summed E-state index contributed by atoms with van der Waals surface area (Å²) in [6.45, 7) is 9.06. The zero-order valence-electron chi connectivity index (χ0n) is 28.2. The molecule has 4 aromatic rings. The van der Waals surface area contributed by atoms with E-state index < -0.39 is 0 Å². The van der Waals surface area contributed by atoms with Gasteiger partial charge < -0.3 is 19.9 Å². The molecule has 3 fully saturated rings. The number of ether oxygens (including phenoxy) is 1. The zero-order chi connectivity index (χ0) is 33.0. The van der Waals surface area contributed by atoms with Crippen molar-refractivity contribution in [1.29, 1.82) is 0 Å². The van der Waals surface area contributed by atoms with Crippen LogP contribution in [-0.4, -0.2) is 94.7 Å². The van der Waals surface area contributed by atoms with Crippen molar-refractivity contribution in [2.24, 2.45) is 0 Å². The standard InChI is InChI=1S/C38H47N7O3/c1-27(46)44-16-4-3-5-35(44)31-8-6-30(7-9-31)34-25-32-26-39-38(40-33-12-10-28(11-13-33)29-14-17-42(2)18-15-29)41-36(32)45(37(34)47)20-19-43-21-23-48-24-22-43/h6-13,25-26,29,35H,3-5,14-24H2,1-2H3,(H,39,40,41). The van der Waals surface area contributed by atoms with E-state index in [0.29, 0.717) is 42.8 Å². The normalized spacial score (nSPS) is 19.9. The minimum Gasteiger partial charge on any atom is -0.379 e. The fourth-order valence-corrected chi connectivity index (χ4v) is 7.55. The van der Waals surface area contributed by atoms with E-state index in [-0.39, 0.29) is 17.5 Å². The van der Waals surface area contributed by atoms with Gasteiger partial charge in [-0.05, 0) is 93.0 Å². The number of carbonyl (C=O) groups excluding carboxylic acids is 1. The van der Waals surface area contributed by atoms with Crippen LogP contribution in [-0.2, 0) is 16.1 Å². The summed E-state index contributed by atoms with van der Waals surface area (Å²) in [7, 11) is 2.19. The number of piperidine rings is 2. The smallest absolute Gasteiger partial charge is 0.260 e. The van der Waals surface area contributed by atoms with E-state index in [1.807, 2.05) is 33.9 Å². The molecule has 252 valence electrons. The van der Waals surface area contributed by atoms with E-state index in [1.54, 1.807) is 6.92 Å². The minimum absolute atomic E-state index is 0.0707. The number of hydrogen-bond acceptors (Lipinski definition) is 8. The number of anilines is 2. The lowest BCUT2D eigenvalue weighted by atomic mass is 9.89. The fraction of sp³-hybridized carbons (Fsp3) is 0.474. The lowest BCUT2D eigenvalue weighted by Crippen LogP contribution is -2.39. The zero-order valence-corrected chi connectivity index (χ0v) is 28.2. The number of amides is 1. The van der Waals surface area contributed by atoms with Crippen LogP contribution in [0.2, 0.25) is 0 Å². The van der Waals surface area contributed by atoms with Crippen LogP contribution >= 0.6 is 0 Å². The topological polar surface area (TPSA) is 95.8 Å². The van der Waals surface area contributed by atoms with Gasteiger partial charge in [-0.1, -0.05) is 36.4 Å². The Balaban J connectivity index is 1.17. The van der Waals surface area contributed by atoms with E-state index in [2.05, 4.69) is 63.5 Å². The SMILES string of the molecule is CC(=O)N1CCCCC1c1ccc(-c2cc3cnc(Nc4ccc(C5CCN(C)CC5)cc4)nc3n(CCN3CCOCC3)c2=O)cc1. The highest BCUT2D eigenvalue weighted by Gasteiger charge is 2.26. The Morgan fingerprint density at radius 3 is 2.35 bits per heavy atom. The molecule has 3 saturated heterocycles. The monoisotopic (exact) mass is 649 g/mol. The highest BCUT2D eigenvalue weighted by atomic mass is 16.5. The van der Waals surface area contributed by atoms with Gasteiger partial charge in [-0.2, -0.15) is 4.98 Å². The van der Waals surface area contributed by atoms with Crippen molar-refractivity contribution < 1.29 is 9.53 Å². The average molecular weight is 650 g/mol. The van der Waals surface area contributed by atoms with E-state index in [1.165, 1.54) is 18.4 Å². The molecule has 1 amide bonds. The molecule has 0 bridgehead atoms. The molecule has 48 heavy (non-hydrogen) atoms. The number of likely N-dealkylation sites (tertiary alicyclic amines) is 2. The first kappa shape index (κ1) is 32.4. The number of fused-ring (bicyclic) bond motifs is 1. The predicted octanol–water partition coefficient (Wildman–Crippen LogP) is 5.42. The number of rotatable bonds is 8. The van der Waals surface area contributed by atoms with Gasteiger partial charge in [0.25, 0.3) is 5.56 Å². The molecule has 1 N–H and O–H groups in total. The average Bonchev–Trinajstić information content (AvgIpc) is 3.12. The van der Waals surface area contributed by atoms with E-state index in [4.69, 9.17) is 9.72 Å². The summed E-state index contributed by atoms with van der Waals surface area (Å²) in [4.78, 5) is 42.8. The molecule has 10 heteroatoms. The van der Waals surface area contributed by atoms with Crippen LogP contribution in [0.1, 0.15) is 62.1 Å². The number of morpholine rings is 1. The molecule has 0 saturated carbocycles. The van der Waals surface area contributed by atoms with Crippen molar-refractivity contribution in [2.75, 3.05) is 64.8 Å². The maximum absolute atomic E-state index is 14.2. The third-order valence-corrected chi connectivity index (χ3v) is 10.4. The first-order valence-electron chi connectivity index (χ1n) is 17.6. The Hall–Kier alpha value is -4.12. The van der Waals surface area contributed by atoms with E-state index in [0.717, 1.165) is 80.7 Å². The molecule has 1 unspecified atom stereocenters. The van der Waals surface area contributed by atoms with Gasteiger partial charge in [-0.3, -0.25) is 19.1 Å². The second-order valence-electron chi connectivity index (χ2n) is 13.6. The summed E-state index contributed by atoms with van der Waals surface area (Å²) in [6, 6.07) is 18.8. The van der Waals surface area contributed by atoms with Crippen molar-refractivity contribution in [2.45, 2.75) is 57.5 Å². The Kier molecular flexibility index (Phi) is 9.83. The fourth-order valence-electron chi connectivity index (χ4n) is 7.55. The van der Waals surface area contributed by atoms with Gasteiger partial charge in [0.05, 0.1) is 19.3 Å². The van der Waals surface area contributed by atoms with Gasteiger partial charge in [0.15, 0.2) is 0 Å². The first-order valence-corrected chi connectivity index (χ1v) is 17.6. The van der Waals surface area contributed by atoms with Gasteiger partial charge in [-0.25, -0.2) is 4.98 Å². The molecular weight excluding hydrogens is 602 g/mol. The predicted molar refractivity (Wildman–Crippen MR) is 190 cm³/mol. The summed E-state index contributed by atoms with van der Waals surface area (Å²) in [5, 5.41) is 4.19. The summed E-state index contributed by atoms with van der Waals surface area (Å²) >= 11 is 0. The molecule has 0 aliphatic carbocycles. The maximum atomic E-state index is 14.2.